The van der Waals surface area contributed by atoms with Crippen molar-refractivity contribution < 1.29 is 14.4 Å². The monoisotopic (exact) mass is 394 g/mol. The molecule has 3 amide bonds. The lowest BCUT2D eigenvalue weighted by Crippen LogP contribution is -2.33. The van der Waals surface area contributed by atoms with Crippen molar-refractivity contribution in [3.63, 3.8) is 0 Å². The Morgan fingerprint density at radius 2 is 1.61 bits per heavy atom. The van der Waals surface area contributed by atoms with Gasteiger partial charge in [0, 0.05) is 16.3 Å². The van der Waals surface area contributed by atoms with Gasteiger partial charge in [-0.3, -0.25) is 19.3 Å². The second-order valence-corrected chi connectivity index (χ2v) is 8.34. The van der Waals surface area contributed by atoms with Gasteiger partial charge in [-0.25, -0.2) is 0 Å². The Bertz CT molecular complexity index is 960. The molecule has 1 aliphatic heterocycles. The van der Waals surface area contributed by atoms with Gasteiger partial charge >= 0.3 is 0 Å². The lowest BCUT2D eigenvalue weighted by atomic mass is 9.81. The Morgan fingerprint density at radius 3 is 2.25 bits per heavy atom. The molecule has 0 spiro atoms. The molecular weight excluding hydrogens is 376 g/mol. The fourth-order valence-corrected chi connectivity index (χ4v) is 5.31. The minimum atomic E-state index is -0.302. The van der Waals surface area contributed by atoms with Crippen molar-refractivity contribution in [3.8, 4) is 0 Å². The molecule has 4 atom stereocenters. The highest BCUT2D eigenvalue weighted by Crippen LogP contribution is 2.56. The summed E-state index contributed by atoms with van der Waals surface area (Å²) in [5.41, 5.74) is 1.50. The number of hydrogen-bond acceptors (Lipinski definition) is 3. The molecule has 3 aliphatic rings. The molecule has 1 N–H and O–H groups in total. The third kappa shape index (κ3) is 2.65. The van der Waals surface area contributed by atoms with Crippen LogP contribution in [0.25, 0.3) is 0 Å². The van der Waals surface area contributed by atoms with Gasteiger partial charge in [-0.15, -0.1) is 0 Å². The van der Waals surface area contributed by atoms with E-state index in [1.54, 1.807) is 48.5 Å². The highest BCUT2D eigenvalue weighted by molar-refractivity contribution is 6.30. The average molecular weight is 395 g/mol. The van der Waals surface area contributed by atoms with Crippen molar-refractivity contribution in [2.75, 3.05) is 10.2 Å². The third-order valence-corrected chi connectivity index (χ3v) is 6.65. The van der Waals surface area contributed by atoms with E-state index in [-0.39, 0.29) is 29.6 Å². The molecule has 2 bridgehead atoms. The zero-order valence-electron chi connectivity index (χ0n) is 15.1. The number of benzene rings is 2. The van der Waals surface area contributed by atoms with Crippen LogP contribution in [0.5, 0.6) is 0 Å². The number of nitrogens with zero attached hydrogens (tertiary/aromatic N) is 1. The maximum atomic E-state index is 13.0. The highest BCUT2D eigenvalue weighted by atomic mass is 35.5. The lowest BCUT2D eigenvalue weighted by Gasteiger charge is -2.19. The molecule has 142 valence electrons. The molecule has 0 radical (unpaired) electrons. The smallest absolute Gasteiger partial charge is 0.255 e. The first-order valence-corrected chi connectivity index (χ1v) is 9.95. The van der Waals surface area contributed by atoms with Gasteiger partial charge < -0.3 is 5.32 Å². The van der Waals surface area contributed by atoms with Gasteiger partial charge in [-0.2, -0.15) is 0 Å². The fraction of sp³-hybridized carbons (Fsp3) is 0.318. The number of halogens is 1. The molecule has 2 aromatic carbocycles. The first-order valence-electron chi connectivity index (χ1n) is 9.58. The zero-order chi connectivity index (χ0) is 19.4. The predicted molar refractivity (Wildman–Crippen MR) is 106 cm³/mol. The number of amides is 3. The number of carbonyl (C=O) groups is 3. The normalized spacial score (nSPS) is 28.0. The van der Waals surface area contributed by atoms with Gasteiger partial charge in [0.25, 0.3) is 5.91 Å². The second kappa shape index (κ2) is 6.45. The number of fused-ring (bicyclic) bond motifs is 5. The van der Waals surface area contributed by atoms with Crippen molar-refractivity contribution in [2.24, 2.45) is 23.7 Å². The summed E-state index contributed by atoms with van der Waals surface area (Å²) >= 11 is 5.87. The Kier molecular flexibility index (Phi) is 4.02. The number of imide groups is 1. The average Bonchev–Trinajstić information content (AvgIpc) is 3.37. The van der Waals surface area contributed by atoms with Gasteiger partial charge in [-0.1, -0.05) is 17.7 Å². The van der Waals surface area contributed by atoms with Crippen LogP contribution in [-0.2, 0) is 9.59 Å². The van der Waals surface area contributed by atoms with Crippen LogP contribution in [0.2, 0.25) is 5.02 Å². The summed E-state index contributed by atoms with van der Waals surface area (Å²) in [5.74, 6) is -0.158. The number of carbonyl (C=O) groups excluding carboxylic acids is 3. The Hall–Kier alpha value is -2.66. The van der Waals surface area contributed by atoms with Crippen molar-refractivity contribution in [3.05, 3.63) is 59.1 Å². The molecule has 6 heteroatoms. The largest absolute Gasteiger partial charge is 0.322 e. The van der Waals surface area contributed by atoms with Crippen molar-refractivity contribution in [1.82, 2.24) is 0 Å². The summed E-state index contributed by atoms with van der Waals surface area (Å²) in [4.78, 5) is 39.9. The van der Waals surface area contributed by atoms with Crippen LogP contribution < -0.4 is 10.2 Å². The highest BCUT2D eigenvalue weighted by Gasteiger charge is 2.61. The van der Waals surface area contributed by atoms with Gasteiger partial charge in [0.05, 0.1) is 17.5 Å². The molecule has 28 heavy (non-hydrogen) atoms. The van der Waals surface area contributed by atoms with E-state index in [0.29, 0.717) is 33.8 Å². The summed E-state index contributed by atoms with van der Waals surface area (Å²) in [6.45, 7) is 0. The number of rotatable bonds is 3. The Balaban J connectivity index is 1.40. The van der Waals surface area contributed by atoms with E-state index >= 15 is 0 Å². The Morgan fingerprint density at radius 1 is 0.964 bits per heavy atom. The lowest BCUT2D eigenvalue weighted by molar-refractivity contribution is -0.123. The maximum Gasteiger partial charge on any atom is 0.255 e. The van der Waals surface area contributed by atoms with Crippen LogP contribution in [0.4, 0.5) is 11.4 Å². The van der Waals surface area contributed by atoms with E-state index in [0.717, 1.165) is 19.3 Å². The van der Waals surface area contributed by atoms with Crippen molar-refractivity contribution in [1.29, 1.82) is 0 Å². The second-order valence-electron chi connectivity index (χ2n) is 7.91. The van der Waals surface area contributed by atoms with Crippen LogP contribution in [0.15, 0.2) is 48.5 Å². The topological polar surface area (TPSA) is 66.5 Å². The van der Waals surface area contributed by atoms with Gasteiger partial charge in [-0.05, 0) is 73.6 Å². The van der Waals surface area contributed by atoms with E-state index in [1.807, 2.05) is 0 Å². The van der Waals surface area contributed by atoms with Gasteiger partial charge in [0.1, 0.15) is 0 Å². The van der Waals surface area contributed by atoms with Gasteiger partial charge in [0.2, 0.25) is 11.8 Å². The molecule has 3 fully saturated rings. The Labute approximate surface area is 167 Å². The van der Waals surface area contributed by atoms with E-state index < -0.39 is 0 Å². The molecular formula is C22H19ClN2O3. The minimum Gasteiger partial charge on any atom is -0.322 e. The van der Waals surface area contributed by atoms with Crippen LogP contribution in [0.3, 0.4) is 0 Å². The van der Waals surface area contributed by atoms with Gasteiger partial charge in [0.15, 0.2) is 0 Å². The number of hydrogen-bond donors (Lipinski definition) is 1. The van der Waals surface area contributed by atoms with Crippen LogP contribution in [0, 0.1) is 23.7 Å². The summed E-state index contributed by atoms with van der Waals surface area (Å²) in [7, 11) is 0. The number of anilines is 2. The summed E-state index contributed by atoms with van der Waals surface area (Å²) in [5, 5.41) is 3.39. The van der Waals surface area contributed by atoms with Crippen LogP contribution in [-0.4, -0.2) is 17.7 Å². The standard InChI is InChI=1S/C22H19ClN2O3/c23-15-6-8-16(9-7-15)24-20(26)14-2-1-3-17(11-14)25-21(27)18-12-4-5-13(10-12)19(18)22(25)28/h1-3,6-9,11-13,18-19H,4-5,10H2,(H,24,26)/t12-,13-,18+,19+/m1/s1. The van der Waals surface area contributed by atoms with E-state index in [1.165, 1.54) is 4.90 Å². The van der Waals surface area contributed by atoms with E-state index in [4.69, 9.17) is 11.6 Å². The summed E-state index contributed by atoms with van der Waals surface area (Å²) < 4.78 is 0. The molecule has 2 saturated carbocycles. The first-order chi connectivity index (χ1) is 13.5. The molecule has 5 nitrogen and oxygen atoms in total. The van der Waals surface area contributed by atoms with E-state index in [2.05, 4.69) is 5.32 Å². The minimum absolute atomic E-state index is 0.0996. The predicted octanol–water partition coefficient (Wildman–Crippen LogP) is 4.13. The molecule has 2 aromatic rings. The maximum absolute atomic E-state index is 13.0. The van der Waals surface area contributed by atoms with Crippen molar-refractivity contribution >= 4 is 40.7 Å². The molecule has 1 saturated heterocycles. The van der Waals surface area contributed by atoms with Crippen LogP contribution in [0.1, 0.15) is 29.6 Å². The quantitative estimate of drug-likeness (QED) is 0.796. The molecule has 0 unspecified atom stereocenters. The van der Waals surface area contributed by atoms with E-state index in [9.17, 15) is 14.4 Å². The van der Waals surface area contributed by atoms with Crippen LogP contribution >= 0.6 is 11.6 Å². The fourth-order valence-electron chi connectivity index (χ4n) is 5.19. The SMILES string of the molecule is O=C(Nc1ccc(Cl)cc1)c1cccc(N2C(=O)[C@H]3[C@@H]4CC[C@H](C4)[C@@H]3C2=O)c1. The summed E-state index contributed by atoms with van der Waals surface area (Å²) in [6, 6.07) is 13.5. The molecule has 5 rings (SSSR count). The first kappa shape index (κ1) is 17.4. The van der Waals surface area contributed by atoms with Crippen molar-refractivity contribution in [2.45, 2.75) is 19.3 Å². The summed E-state index contributed by atoms with van der Waals surface area (Å²) in [6.07, 6.45) is 3.09. The molecule has 0 aromatic heterocycles. The number of nitrogens with one attached hydrogen (secondary N) is 1. The molecule has 2 aliphatic carbocycles. The zero-order valence-corrected chi connectivity index (χ0v) is 15.9. The molecule has 1 heterocycles. The third-order valence-electron chi connectivity index (χ3n) is 6.40.